The monoisotopic (exact) mass is 191 g/mol. The van der Waals surface area contributed by atoms with Crippen molar-refractivity contribution in [2.24, 2.45) is 5.73 Å². The zero-order valence-electron chi connectivity index (χ0n) is 6.91. The molecule has 2 heterocycles. The average Bonchev–Trinajstić information content (AvgIpc) is 2.18. The number of rotatable bonds is 1. The van der Waals surface area contributed by atoms with E-state index < -0.39 is 11.5 Å². The molecule has 2 aromatic heterocycles. The van der Waals surface area contributed by atoms with E-state index in [4.69, 9.17) is 5.73 Å². The molecular weight excluding hydrogens is 186 g/mol. The van der Waals surface area contributed by atoms with E-state index in [1.165, 1.54) is 12.4 Å². The molecule has 0 aliphatic rings. The van der Waals surface area contributed by atoms with Crippen LogP contribution < -0.4 is 11.3 Å². The Morgan fingerprint density at radius 3 is 2.86 bits per heavy atom. The summed E-state index contributed by atoms with van der Waals surface area (Å²) < 4.78 is 0.917. The van der Waals surface area contributed by atoms with Gasteiger partial charge in [-0.25, -0.2) is 9.97 Å². The summed E-state index contributed by atoms with van der Waals surface area (Å²) in [5.74, 6) is -0.704. The molecule has 14 heavy (non-hydrogen) atoms. The van der Waals surface area contributed by atoms with Crippen molar-refractivity contribution >= 4 is 11.7 Å². The van der Waals surface area contributed by atoms with Crippen molar-refractivity contribution in [3.8, 4) is 0 Å². The summed E-state index contributed by atoms with van der Waals surface area (Å²) in [6.07, 6.45) is 3.81. The number of hydrogen-bond donors (Lipinski definition) is 1. The van der Waals surface area contributed by atoms with Gasteiger partial charge in [-0.3, -0.25) is 9.59 Å². The molecule has 0 fully saturated rings. The smallest absolute Gasteiger partial charge is 0.288 e. The maximum atomic E-state index is 11.5. The van der Waals surface area contributed by atoms with Gasteiger partial charge in [-0.2, -0.15) is 9.61 Å². The first kappa shape index (κ1) is 8.30. The molecule has 2 rings (SSSR count). The standard InChI is InChI=1S/C7H5N5O2/c8-5(13)4-3-10-7-9-1-2-11-12(7)6(4)14/h1-3H,(H2,8,13). The molecule has 7 nitrogen and oxygen atoms in total. The zero-order valence-corrected chi connectivity index (χ0v) is 6.91. The number of nitrogens with two attached hydrogens (primary N) is 1. The second-order valence-corrected chi connectivity index (χ2v) is 2.50. The Labute approximate surface area is 77.2 Å². The van der Waals surface area contributed by atoms with Gasteiger partial charge in [0.25, 0.3) is 17.2 Å². The minimum Gasteiger partial charge on any atom is -0.365 e. The Bertz CT molecular complexity index is 561. The first-order valence-corrected chi connectivity index (χ1v) is 3.69. The van der Waals surface area contributed by atoms with Gasteiger partial charge in [0.1, 0.15) is 5.56 Å². The maximum absolute atomic E-state index is 11.5. The van der Waals surface area contributed by atoms with Gasteiger partial charge in [-0.15, -0.1) is 0 Å². The van der Waals surface area contributed by atoms with E-state index in [2.05, 4.69) is 15.1 Å². The van der Waals surface area contributed by atoms with Crippen molar-refractivity contribution in [1.82, 2.24) is 19.6 Å². The number of primary amides is 1. The lowest BCUT2D eigenvalue weighted by Crippen LogP contribution is -2.28. The Balaban J connectivity index is 2.89. The molecule has 1 amide bonds. The van der Waals surface area contributed by atoms with Crippen LogP contribution in [0.2, 0.25) is 0 Å². The van der Waals surface area contributed by atoms with Crippen LogP contribution in [0.25, 0.3) is 5.78 Å². The fraction of sp³-hybridized carbons (Fsp3) is 0. The minimum absolute atomic E-state index is 0.127. The summed E-state index contributed by atoms with van der Waals surface area (Å²) in [5, 5.41) is 3.70. The van der Waals surface area contributed by atoms with Crippen molar-refractivity contribution in [2.75, 3.05) is 0 Å². The summed E-state index contributed by atoms with van der Waals surface area (Å²) in [4.78, 5) is 29.8. The van der Waals surface area contributed by atoms with Crippen LogP contribution in [0.5, 0.6) is 0 Å². The highest BCUT2D eigenvalue weighted by Gasteiger charge is 2.09. The third-order valence-corrected chi connectivity index (χ3v) is 1.63. The number of amides is 1. The molecule has 0 spiro atoms. The highest BCUT2D eigenvalue weighted by Crippen LogP contribution is 1.90. The molecule has 0 bridgehead atoms. The molecule has 0 aliphatic heterocycles. The lowest BCUT2D eigenvalue weighted by molar-refractivity contribution is 0.0998. The fourth-order valence-corrected chi connectivity index (χ4v) is 0.995. The predicted molar refractivity (Wildman–Crippen MR) is 45.6 cm³/mol. The number of carbonyl (C=O) groups is 1. The summed E-state index contributed by atoms with van der Waals surface area (Å²) >= 11 is 0. The van der Waals surface area contributed by atoms with E-state index in [0.29, 0.717) is 0 Å². The predicted octanol–water partition coefficient (Wildman–Crippen LogP) is -1.42. The molecule has 2 N–H and O–H groups in total. The van der Waals surface area contributed by atoms with Crippen LogP contribution in [0.1, 0.15) is 10.4 Å². The Morgan fingerprint density at radius 1 is 1.36 bits per heavy atom. The molecule has 0 saturated carbocycles. The van der Waals surface area contributed by atoms with Gasteiger partial charge < -0.3 is 5.73 Å². The normalized spacial score (nSPS) is 10.3. The molecule has 7 heteroatoms. The molecular formula is C7H5N5O2. The quantitative estimate of drug-likeness (QED) is 0.596. The highest BCUT2D eigenvalue weighted by molar-refractivity contribution is 5.92. The van der Waals surface area contributed by atoms with Crippen LogP contribution >= 0.6 is 0 Å². The van der Waals surface area contributed by atoms with E-state index in [1.807, 2.05) is 0 Å². The number of aromatic nitrogens is 4. The second-order valence-electron chi connectivity index (χ2n) is 2.50. The van der Waals surface area contributed by atoms with Crippen LogP contribution in [0.4, 0.5) is 0 Å². The molecule has 0 unspecified atom stereocenters. The van der Waals surface area contributed by atoms with Crippen molar-refractivity contribution in [2.45, 2.75) is 0 Å². The summed E-state index contributed by atoms with van der Waals surface area (Å²) in [5.41, 5.74) is 4.14. The summed E-state index contributed by atoms with van der Waals surface area (Å²) in [7, 11) is 0. The topological polar surface area (TPSA) is 103 Å². The van der Waals surface area contributed by atoms with Crippen LogP contribution in [-0.2, 0) is 0 Å². The van der Waals surface area contributed by atoms with E-state index >= 15 is 0 Å². The Hall–Kier alpha value is -2.31. The highest BCUT2D eigenvalue weighted by atomic mass is 16.2. The van der Waals surface area contributed by atoms with Crippen LogP contribution in [0.15, 0.2) is 23.4 Å². The minimum atomic E-state index is -0.831. The molecule has 0 atom stereocenters. The van der Waals surface area contributed by atoms with Crippen molar-refractivity contribution < 1.29 is 4.79 Å². The lowest BCUT2D eigenvalue weighted by atomic mass is 10.3. The molecule has 0 aromatic carbocycles. The third kappa shape index (κ3) is 1.11. The first-order chi connectivity index (χ1) is 6.70. The van der Waals surface area contributed by atoms with E-state index in [9.17, 15) is 9.59 Å². The average molecular weight is 191 g/mol. The van der Waals surface area contributed by atoms with Gasteiger partial charge in [0, 0.05) is 6.20 Å². The van der Waals surface area contributed by atoms with E-state index in [1.54, 1.807) is 0 Å². The number of carbonyl (C=O) groups excluding carboxylic acids is 1. The number of fused-ring (bicyclic) bond motifs is 1. The number of hydrogen-bond acceptors (Lipinski definition) is 5. The van der Waals surface area contributed by atoms with Gasteiger partial charge in [0.05, 0.1) is 12.4 Å². The summed E-state index contributed by atoms with van der Waals surface area (Å²) in [6.45, 7) is 0. The SMILES string of the molecule is NC(=O)c1cnc2nccnn2c1=O. The molecule has 0 radical (unpaired) electrons. The van der Waals surface area contributed by atoms with Gasteiger partial charge in [-0.1, -0.05) is 0 Å². The molecule has 0 saturated heterocycles. The van der Waals surface area contributed by atoms with E-state index in [0.717, 1.165) is 10.7 Å². The van der Waals surface area contributed by atoms with E-state index in [-0.39, 0.29) is 11.3 Å². The van der Waals surface area contributed by atoms with Crippen LogP contribution in [0, 0.1) is 0 Å². The maximum Gasteiger partial charge on any atom is 0.288 e. The Morgan fingerprint density at radius 2 is 2.14 bits per heavy atom. The Kier molecular flexibility index (Phi) is 1.70. The van der Waals surface area contributed by atoms with Crippen molar-refractivity contribution in [3.05, 3.63) is 34.5 Å². The van der Waals surface area contributed by atoms with Crippen molar-refractivity contribution in [3.63, 3.8) is 0 Å². The summed E-state index contributed by atoms with van der Waals surface area (Å²) in [6, 6.07) is 0. The van der Waals surface area contributed by atoms with Crippen molar-refractivity contribution in [1.29, 1.82) is 0 Å². The lowest BCUT2D eigenvalue weighted by Gasteiger charge is -1.97. The zero-order chi connectivity index (χ0) is 10.1. The second kappa shape index (κ2) is 2.87. The fourth-order valence-electron chi connectivity index (χ4n) is 0.995. The van der Waals surface area contributed by atoms with Gasteiger partial charge >= 0.3 is 0 Å². The molecule has 0 aliphatic carbocycles. The third-order valence-electron chi connectivity index (χ3n) is 1.63. The van der Waals surface area contributed by atoms with Gasteiger partial charge in [0.2, 0.25) is 0 Å². The molecule has 2 aromatic rings. The first-order valence-electron chi connectivity index (χ1n) is 3.69. The largest absolute Gasteiger partial charge is 0.365 e. The number of nitrogens with zero attached hydrogens (tertiary/aromatic N) is 4. The van der Waals surface area contributed by atoms with Crippen LogP contribution in [0.3, 0.4) is 0 Å². The van der Waals surface area contributed by atoms with Gasteiger partial charge in [-0.05, 0) is 0 Å². The molecule has 70 valence electrons. The van der Waals surface area contributed by atoms with Gasteiger partial charge in [0.15, 0.2) is 0 Å². The van der Waals surface area contributed by atoms with Crippen LogP contribution in [-0.4, -0.2) is 25.5 Å².